The molecule has 1 aromatic rings. The van der Waals surface area contributed by atoms with Crippen molar-refractivity contribution in [3.05, 3.63) is 23.8 Å². The average molecular weight is 281 g/mol. The third kappa shape index (κ3) is 3.85. The molecule has 0 spiro atoms. The van der Waals surface area contributed by atoms with Crippen molar-refractivity contribution in [1.82, 2.24) is 5.32 Å². The van der Waals surface area contributed by atoms with Crippen LogP contribution in [-0.4, -0.2) is 49.7 Å². The van der Waals surface area contributed by atoms with Gasteiger partial charge in [0, 0.05) is 0 Å². The number of hydrogen-bond donors (Lipinski definition) is 3. The third-order valence-electron chi connectivity index (χ3n) is 3.64. The number of methoxy groups -OCH3 is 1. The fraction of sp³-hybridized carbons (Fsp3) is 0.600. The number of piperidine rings is 1. The maximum absolute atomic E-state index is 9.32. The lowest BCUT2D eigenvalue weighted by molar-refractivity contribution is 0.0527. The maximum Gasteiger partial charge on any atom is 0.161 e. The number of aliphatic hydroxyl groups is 2. The van der Waals surface area contributed by atoms with Crippen molar-refractivity contribution in [2.75, 3.05) is 33.4 Å². The topological polar surface area (TPSA) is 71.0 Å². The van der Waals surface area contributed by atoms with E-state index in [9.17, 15) is 5.11 Å². The maximum atomic E-state index is 9.32. The molecular weight excluding hydrogens is 258 g/mol. The van der Waals surface area contributed by atoms with Crippen molar-refractivity contribution in [2.45, 2.75) is 24.9 Å². The molecule has 1 aromatic carbocycles. The van der Waals surface area contributed by atoms with E-state index in [0.29, 0.717) is 17.4 Å². The van der Waals surface area contributed by atoms with E-state index in [1.165, 1.54) is 5.56 Å². The van der Waals surface area contributed by atoms with Crippen LogP contribution in [0.25, 0.3) is 0 Å². The molecule has 1 fully saturated rings. The van der Waals surface area contributed by atoms with Crippen molar-refractivity contribution < 1.29 is 19.7 Å². The fourth-order valence-electron chi connectivity index (χ4n) is 2.45. The molecule has 5 nitrogen and oxygen atoms in total. The molecule has 1 saturated heterocycles. The predicted molar refractivity (Wildman–Crippen MR) is 76.4 cm³/mol. The Hall–Kier alpha value is -1.30. The zero-order valence-electron chi connectivity index (χ0n) is 11.8. The molecule has 1 heterocycles. The van der Waals surface area contributed by atoms with Gasteiger partial charge in [-0.1, -0.05) is 6.07 Å². The molecule has 1 atom stereocenters. The van der Waals surface area contributed by atoms with Crippen molar-refractivity contribution in [2.24, 2.45) is 0 Å². The molecule has 0 amide bonds. The van der Waals surface area contributed by atoms with Gasteiger partial charge in [0.05, 0.1) is 13.7 Å². The summed E-state index contributed by atoms with van der Waals surface area (Å²) >= 11 is 0. The monoisotopic (exact) mass is 281 g/mol. The Morgan fingerprint density at radius 3 is 2.70 bits per heavy atom. The molecule has 2 rings (SSSR count). The molecular formula is C15H23NO4. The Kier molecular flexibility index (Phi) is 5.64. The minimum absolute atomic E-state index is 0.0551. The van der Waals surface area contributed by atoms with E-state index >= 15 is 0 Å². The first-order valence-corrected chi connectivity index (χ1v) is 7.05. The van der Waals surface area contributed by atoms with Gasteiger partial charge in [-0.2, -0.15) is 0 Å². The second-order valence-electron chi connectivity index (χ2n) is 5.08. The second kappa shape index (κ2) is 7.47. The SMILES string of the molecule is COc1cc(C2CCNCC2)ccc1OCC(O)CO. The standard InChI is InChI=1S/C15H23NO4/c1-19-15-8-12(11-4-6-16-7-5-11)2-3-14(15)20-10-13(18)9-17/h2-3,8,11,13,16-18H,4-7,9-10H2,1H3. The smallest absolute Gasteiger partial charge is 0.161 e. The molecule has 1 aliphatic rings. The van der Waals surface area contributed by atoms with Gasteiger partial charge in [0.2, 0.25) is 0 Å². The summed E-state index contributed by atoms with van der Waals surface area (Å²) in [6.45, 7) is 1.84. The van der Waals surface area contributed by atoms with Gasteiger partial charge < -0.3 is 25.0 Å². The van der Waals surface area contributed by atoms with E-state index in [1.807, 2.05) is 12.1 Å². The highest BCUT2D eigenvalue weighted by Crippen LogP contribution is 2.33. The summed E-state index contributed by atoms with van der Waals surface area (Å²) in [4.78, 5) is 0. The number of aliphatic hydroxyl groups excluding tert-OH is 2. The van der Waals surface area contributed by atoms with Crippen molar-refractivity contribution in [1.29, 1.82) is 0 Å². The molecule has 112 valence electrons. The van der Waals surface area contributed by atoms with E-state index < -0.39 is 6.10 Å². The molecule has 3 N–H and O–H groups in total. The van der Waals surface area contributed by atoms with Crippen LogP contribution >= 0.6 is 0 Å². The van der Waals surface area contributed by atoms with E-state index in [-0.39, 0.29) is 13.2 Å². The molecule has 0 aromatic heterocycles. The van der Waals surface area contributed by atoms with Gasteiger partial charge in [-0.3, -0.25) is 0 Å². The number of benzene rings is 1. The first-order chi connectivity index (χ1) is 9.74. The Labute approximate surface area is 119 Å². The van der Waals surface area contributed by atoms with E-state index in [0.717, 1.165) is 25.9 Å². The highest BCUT2D eigenvalue weighted by molar-refractivity contribution is 5.44. The molecule has 1 unspecified atom stereocenters. The lowest BCUT2D eigenvalue weighted by Gasteiger charge is -2.24. The predicted octanol–water partition coefficient (Wildman–Crippen LogP) is 0.894. The number of rotatable bonds is 6. The van der Waals surface area contributed by atoms with Gasteiger partial charge in [-0.05, 0) is 49.5 Å². The van der Waals surface area contributed by atoms with Crippen LogP contribution in [0.5, 0.6) is 11.5 Å². The normalized spacial score (nSPS) is 17.8. The highest BCUT2D eigenvalue weighted by Gasteiger charge is 2.17. The molecule has 0 bridgehead atoms. The summed E-state index contributed by atoms with van der Waals surface area (Å²) in [7, 11) is 1.61. The van der Waals surface area contributed by atoms with Crippen LogP contribution in [0.15, 0.2) is 18.2 Å². The number of hydrogen-bond acceptors (Lipinski definition) is 5. The second-order valence-corrected chi connectivity index (χ2v) is 5.08. The minimum Gasteiger partial charge on any atom is -0.493 e. The summed E-state index contributed by atoms with van der Waals surface area (Å²) in [6.07, 6.45) is 1.39. The van der Waals surface area contributed by atoms with Gasteiger partial charge in [-0.15, -0.1) is 0 Å². The van der Waals surface area contributed by atoms with Crippen LogP contribution < -0.4 is 14.8 Å². The lowest BCUT2D eigenvalue weighted by Crippen LogP contribution is -2.26. The summed E-state index contributed by atoms with van der Waals surface area (Å²) in [5.41, 5.74) is 1.26. The summed E-state index contributed by atoms with van der Waals surface area (Å²) in [5, 5.41) is 21.5. The largest absolute Gasteiger partial charge is 0.493 e. The summed E-state index contributed by atoms with van der Waals surface area (Å²) in [5.74, 6) is 1.83. The molecule has 1 aliphatic heterocycles. The van der Waals surface area contributed by atoms with Crippen LogP contribution in [0.1, 0.15) is 24.3 Å². The molecule has 0 saturated carbocycles. The van der Waals surface area contributed by atoms with E-state index in [1.54, 1.807) is 7.11 Å². The van der Waals surface area contributed by atoms with Gasteiger partial charge in [0.25, 0.3) is 0 Å². The van der Waals surface area contributed by atoms with Gasteiger partial charge in [0.1, 0.15) is 12.7 Å². The highest BCUT2D eigenvalue weighted by atomic mass is 16.5. The van der Waals surface area contributed by atoms with E-state index in [4.69, 9.17) is 14.6 Å². The van der Waals surface area contributed by atoms with Crippen LogP contribution in [0.2, 0.25) is 0 Å². The summed E-state index contributed by atoms with van der Waals surface area (Å²) in [6, 6.07) is 5.94. The van der Waals surface area contributed by atoms with Crippen molar-refractivity contribution in [3.8, 4) is 11.5 Å². The zero-order valence-corrected chi connectivity index (χ0v) is 11.8. The van der Waals surface area contributed by atoms with Crippen LogP contribution in [0, 0.1) is 0 Å². The zero-order chi connectivity index (χ0) is 14.4. The molecule has 20 heavy (non-hydrogen) atoms. The first kappa shape index (κ1) is 15.1. The number of ether oxygens (including phenoxy) is 2. The molecule has 0 aliphatic carbocycles. The Bertz CT molecular complexity index is 418. The van der Waals surface area contributed by atoms with Crippen LogP contribution in [0.3, 0.4) is 0 Å². The van der Waals surface area contributed by atoms with Crippen LogP contribution in [0.4, 0.5) is 0 Å². The van der Waals surface area contributed by atoms with Gasteiger partial charge >= 0.3 is 0 Å². The van der Waals surface area contributed by atoms with Gasteiger partial charge in [-0.25, -0.2) is 0 Å². The Morgan fingerprint density at radius 1 is 1.30 bits per heavy atom. The van der Waals surface area contributed by atoms with Crippen molar-refractivity contribution >= 4 is 0 Å². The van der Waals surface area contributed by atoms with Crippen molar-refractivity contribution in [3.63, 3.8) is 0 Å². The average Bonchev–Trinajstić information content (AvgIpc) is 2.53. The van der Waals surface area contributed by atoms with E-state index in [2.05, 4.69) is 11.4 Å². The molecule has 0 radical (unpaired) electrons. The third-order valence-corrected chi connectivity index (χ3v) is 3.64. The number of nitrogens with one attached hydrogen (secondary N) is 1. The fourth-order valence-corrected chi connectivity index (χ4v) is 2.45. The summed E-state index contributed by atoms with van der Waals surface area (Å²) < 4.78 is 10.8. The minimum atomic E-state index is -0.871. The van der Waals surface area contributed by atoms with Crippen LogP contribution in [-0.2, 0) is 0 Å². The Balaban J connectivity index is 2.06. The van der Waals surface area contributed by atoms with Gasteiger partial charge in [0.15, 0.2) is 11.5 Å². The Morgan fingerprint density at radius 2 is 2.05 bits per heavy atom. The first-order valence-electron chi connectivity index (χ1n) is 7.05. The quantitative estimate of drug-likeness (QED) is 0.722. The lowest BCUT2D eigenvalue weighted by atomic mass is 9.90. The molecule has 5 heteroatoms.